The van der Waals surface area contributed by atoms with Gasteiger partial charge in [-0.05, 0) is 29.9 Å². The highest BCUT2D eigenvalue weighted by molar-refractivity contribution is 7.10. The molecule has 0 aromatic carbocycles. The molecule has 0 saturated carbocycles. The molecule has 0 aliphatic rings. The molecule has 0 fully saturated rings. The van der Waals surface area contributed by atoms with E-state index < -0.39 is 5.69 Å². The lowest BCUT2D eigenvalue weighted by Crippen LogP contribution is -2.31. The Morgan fingerprint density at radius 3 is 2.87 bits per heavy atom. The van der Waals surface area contributed by atoms with Gasteiger partial charge in [0, 0.05) is 24.2 Å². The van der Waals surface area contributed by atoms with Crippen LogP contribution >= 0.6 is 11.3 Å². The first-order chi connectivity index (χ1) is 11.0. The smallest absolute Gasteiger partial charge is 0.345 e. The van der Waals surface area contributed by atoms with E-state index in [1.165, 1.54) is 0 Å². The van der Waals surface area contributed by atoms with Crippen molar-refractivity contribution in [2.45, 2.75) is 26.4 Å². The van der Waals surface area contributed by atoms with Crippen LogP contribution in [0.15, 0.2) is 28.4 Å². The zero-order valence-electron chi connectivity index (χ0n) is 13.5. The number of carbonyl (C=O) groups is 1. The quantitative estimate of drug-likeness (QED) is 0.812. The van der Waals surface area contributed by atoms with Crippen LogP contribution in [0, 0.1) is 5.92 Å². The third-order valence-electron chi connectivity index (χ3n) is 3.25. The minimum atomic E-state index is -0.505. The van der Waals surface area contributed by atoms with Gasteiger partial charge in [0.25, 0.3) is 5.91 Å². The molecule has 0 aliphatic heterocycles. The fraction of sp³-hybridized carbons (Fsp3) is 0.438. The van der Waals surface area contributed by atoms with E-state index >= 15 is 0 Å². The molecule has 0 aliphatic carbocycles. The molecule has 1 atom stereocenters. The lowest BCUT2D eigenvalue weighted by Gasteiger charge is -2.14. The predicted molar refractivity (Wildman–Crippen MR) is 89.8 cm³/mol. The van der Waals surface area contributed by atoms with Crippen LogP contribution in [0.4, 0.5) is 0 Å². The Kier molecular flexibility index (Phi) is 6.06. The number of nitrogens with one attached hydrogen (secondary N) is 2. The maximum atomic E-state index is 12.2. The highest BCUT2D eigenvalue weighted by atomic mass is 32.1. The SMILES string of the molecule is COC(CNC(=O)c1cc(CC(C)C)[nH]c(=O)n1)c1cccs1. The Balaban J connectivity index is 2.05. The van der Waals surface area contributed by atoms with Crippen molar-refractivity contribution >= 4 is 17.2 Å². The predicted octanol–water partition coefficient (Wildman–Crippen LogP) is 2.15. The maximum absolute atomic E-state index is 12.2. The lowest BCUT2D eigenvalue weighted by atomic mass is 10.1. The number of nitrogens with zero attached hydrogens (tertiary/aromatic N) is 1. The number of carbonyl (C=O) groups excluding carboxylic acids is 1. The monoisotopic (exact) mass is 335 g/mol. The van der Waals surface area contributed by atoms with Crippen molar-refractivity contribution < 1.29 is 9.53 Å². The van der Waals surface area contributed by atoms with Gasteiger partial charge in [-0.1, -0.05) is 19.9 Å². The molecule has 124 valence electrons. The molecule has 2 aromatic heterocycles. The molecular formula is C16H21N3O3S. The minimum absolute atomic E-state index is 0.130. The summed E-state index contributed by atoms with van der Waals surface area (Å²) < 4.78 is 5.39. The van der Waals surface area contributed by atoms with Gasteiger partial charge < -0.3 is 15.0 Å². The number of hydrogen-bond acceptors (Lipinski definition) is 5. The Bertz CT molecular complexity index is 695. The fourth-order valence-electron chi connectivity index (χ4n) is 2.22. The molecule has 2 N–H and O–H groups in total. The van der Waals surface area contributed by atoms with Crippen molar-refractivity contribution in [3.8, 4) is 0 Å². The average Bonchev–Trinajstić information content (AvgIpc) is 3.00. The average molecular weight is 335 g/mol. The van der Waals surface area contributed by atoms with Crippen molar-refractivity contribution in [2.24, 2.45) is 5.92 Å². The van der Waals surface area contributed by atoms with E-state index in [2.05, 4.69) is 15.3 Å². The van der Waals surface area contributed by atoms with E-state index in [0.717, 1.165) is 4.88 Å². The van der Waals surface area contributed by atoms with Crippen molar-refractivity contribution in [3.05, 3.63) is 50.3 Å². The number of methoxy groups -OCH3 is 1. The summed E-state index contributed by atoms with van der Waals surface area (Å²) in [6.45, 7) is 4.41. The van der Waals surface area contributed by atoms with E-state index in [-0.39, 0.29) is 17.7 Å². The van der Waals surface area contributed by atoms with E-state index in [4.69, 9.17) is 4.74 Å². The third-order valence-corrected chi connectivity index (χ3v) is 4.22. The Morgan fingerprint density at radius 2 is 2.26 bits per heavy atom. The van der Waals surface area contributed by atoms with Crippen LogP contribution < -0.4 is 11.0 Å². The van der Waals surface area contributed by atoms with Gasteiger partial charge in [0.2, 0.25) is 0 Å². The highest BCUT2D eigenvalue weighted by Crippen LogP contribution is 2.21. The number of thiophene rings is 1. The summed E-state index contributed by atoms with van der Waals surface area (Å²) in [6, 6.07) is 5.52. The van der Waals surface area contributed by atoms with E-state index in [1.807, 2.05) is 31.4 Å². The minimum Gasteiger partial charge on any atom is -0.374 e. The maximum Gasteiger partial charge on any atom is 0.345 e. The summed E-state index contributed by atoms with van der Waals surface area (Å²) >= 11 is 1.57. The summed E-state index contributed by atoms with van der Waals surface area (Å²) in [7, 11) is 1.60. The topological polar surface area (TPSA) is 84.1 Å². The number of H-pyrrole nitrogens is 1. The molecule has 0 spiro atoms. The normalized spacial score (nSPS) is 12.3. The molecule has 0 bridgehead atoms. The van der Waals surface area contributed by atoms with Crippen LogP contribution in [0.1, 0.15) is 41.0 Å². The molecule has 1 amide bonds. The molecule has 23 heavy (non-hydrogen) atoms. The van der Waals surface area contributed by atoms with Crippen molar-refractivity contribution in [3.63, 3.8) is 0 Å². The Labute approximate surface area is 138 Å². The molecular weight excluding hydrogens is 314 g/mol. The van der Waals surface area contributed by atoms with Gasteiger partial charge in [-0.2, -0.15) is 4.98 Å². The van der Waals surface area contributed by atoms with E-state index in [9.17, 15) is 9.59 Å². The highest BCUT2D eigenvalue weighted by Gasteiger charge is 2.15. The first-order valence-electron chi connectivity index (χ1n) is 7.44. The molecule has 2 rings (SSSR count). The van der Waals surface area contributed by atoms with Crippen LogP contribution in [0.2, 0.25) is 0 Å². The summed E-state index contributed by atoms with van der Waals surface area (Å²) in [5, 5.41) is 4.73. The van der Waals surface area contributed by atoms with Gasteiger partial charge in [-0.25, -0.2) is 4.79 Å². The number of rotatable bonds is 7. The van der Waals surface area contributed by atoms with Gasteiger partial charge in [-0.15, -0.1) is 11.3 Å². The second kappa shape index (κ2) is 8.03. The first-order valence-corrected chi connectivity index (χ1v) is 8.32. The zero-order chi connectivity index (χ0) is 16.8. The van der Waals surface area contributed by atoms with Gasteiger partial charge >= 0.3 is 5.69 Å². The Hall–Kier alpha value is -1.99. The van der Waals surface area contributed by atoms with Crippen molar-refractivity contribution in [2.75, 3.05) is 13.7 Å². The van der Waals surface area contributed by atoms with Gasteiger partial charge in [0.05, 0.1) is 0 Å². The van der Waals surface area contributed by atoms with Gasteiger partial charge in [0.1, 0.15) is 11.8 Å². The van der Waals surface area contributed by atoms with E-state index in [1.54, 1.807) is 24.5 Å². The second-order valence-electron chi connectivity index (χ2n) is 5.64. The third kappa shape index (κ3) is 5.01. The number of ether oxygens (including phenoxy) is 1. The number of hydrogen-bond donors (Lipinski definition) is 2. The zero-order valence-corrected chi connectivity index (χ0v) is 14.3. The second-order valence-corrected chi connectivity index (χ2v) is 6.62. The number of aromatic nitrogens is 2. The molecule has 0 radical (unpaired) electrons. The number of aromatic amines is 1. The molecule has 1 unspecified atom stereocenters. The summed E-state index contributed by atoms with van der Waals surface area (Å²) in [5.41, 5.74) is 0.340. The standard InChI is InChI=1S/C16H21N3O3S/c1-10(2)7-11-8-12(19-16(21)18-11)15(20)17-9-13(22-3)14-5-4-6-23-14/h4-6,8,10,13H,7,9H2,1-3H3,(H,17,20)(H,18,19,21). The molecule has 0 saturated heterocycles. The molecule has 2 aromatic rings. The first kappa shape index (κ1) is 17.4. The molecule has 7 heteroatoms. The van der Waals surface area contributed by atoms with Crippen LogP contribution in [0.3, 0.4) is 0 Å². The van der Waals surface area contributed by atoms with Crippen molar-refractivity contribution in [1.29, 1.82) is 0 Å². The molecule has 2 heterocycles. The van der Waals surface area contributed by atoms with Gasteiger partial charge in [-0.3, -0.25) is 4.79 Å². The Morgan fingerprint density at radius 1 is 1.48 bits per heavy atom. The van der Waals surface area contributed by atoms with Crippen LogP contribution in [-0.2, 0) is 11.2 Å². The van der Waals surface area contributed by atoms with Crippen molar-refractivity contribution in [1.82, 2.24) is 15.3 Å². The van der Waals surface area contributed by atoms with Crippen LogP contribution in [-0.4, -0.2) is 29.5 Å². The molecule has 6 nitrogen and oxygen atoms in total. The van der Waals surface area contributed by atoms with Crippen LogP contribution in [0.25, 0.3) is 0 Å². The van der Waals surface area contributed by atoms with Crippen LogP contribution in [0.5, 0.6) is 0 Å². The summed E-state index contributed by atoms with van der Waals surface area (Å²) in [4.78, 5) is 31.3. The van der Waals surface area contributed by atoms with Gasteiger partial charge in [0.15, 0.2) is 0 Å². The largest absolute Gasteiger partial charge is 0.374 e. The lowest BCUT2D eigenvalue weighted by molar-refractivity contribution is 0.0833. The summed E-state index contributed by atoms with van der Waals surface area (Å²) in [6.07, 6.45) is 0.476. The number of amides is 1. The van der Waals surface area contributed by atoms with E-state index in [0.29, 0.717) is 24.6 Å². The summed E-state index contributed by atoms with van der Waals surface area (Å²) in [5.74, 6) is 0.000346. The fourth-order valence-corrected chi connectivity index (χ4v) is 3.03.